The highest BCUT2D eigenvalue weighted by Gasteiger charge is 2.32. The molecule has 1 amide bonds. The zero-order valence-electron chi connectivity index (χ0n) is 11.5. The minimum Gasteiger partial charge on any atom is -0.339 e. The predicted octanol–water partition coefficient (Wildman–Crippen LogP) is 3.71. The molecule has 19 heavy (non-hydrogen) atoms. The van der Waals surface area contributed by atoms with Crippen LogP contribution in [0.15, 0.2) is 42.5 Å². The van der Waals surface area contributed by atoms with Crippen LogP contribution in [0.5, 0.6) is 0 Å². The van der Waals surface area contributed by atoms with E-state index in [2.05, 4.69) is 19.1 Å². The third kappa shape index (κ3) is 2.35. The first-order chi connectivity index (χ1) is 9.16. The molecule has 2 nitrogen and oxygen atoms in total. The fourth-order valence-corrected chi connectivity index (χ4v) is 2.61. The second kappa shape index (κ2) is 4.69. The van der Waals surface area contributed by atoms with Gasteiger partial charge >= 0.3 is 0 Å². The van der Waals surface area contributed by atoms with Gasteiger partial charge in [-0.2, -0.15) is 0 Å². The molecule has 2 aromatic carbocycles. The first-order valence-corrected chi connectivity index (χ1v) is 6.93. The van der Waals surface area contributed by atoms with Crippen molar-refractivity contribution in [2.75, 3.05) is 7.05 Å². The molecule has 2 aromatic rings. The van der Waals surface area contributed by atoms with Crippen LogP contribution >= 0.6 is 0 Å². The Morgan fingerprint density at radius 1 is 1.16 bits per heavy atom. The van der Waals surface area contributed by atoms with Crippen molar-refractivity contribution in [3.8, 4) is 0 Å². The summed E-state index contributed by atoms with van der Waals surface area (Å²) in [6, 6.07) is 14.4. The normalized spacial score (nSPS) is 16.3. The number of hydrogen-bond acceptors (Lipinski definition) is 1. The molecule has 2 heteroatoms. The Kier molecular flexibility index (Phi) is 3.02. The van der Waals surface area contributed by atoms with Crippen molar-refractivity contribution >= 4 is 16.7 Å². The number of rotatable bonds is 3. The van der Waals surface area contributed by atoms with Crippen molar-refractivity contribution in [2.45, 2.75) is 25.8 Å². The van der Waals surface area contributed by atoms with Gasteiger partial charge in [-0.1, -0.05) is 30.3 Å². The quantitative estimate of drug-likeness (QED) is 0.816. The zero-order chi connectivity index (χ0) is 13.4. The maximum Gasteiger partial charge on any atom is 0.253 e. The van der Waals surface area contributed by atoms with E-state index >= 15 is 0 Å². The van der Waals surface area contributed by atoms with E-state index in [4.69, 9.17) is 0 Å². The van der Waals surface area contributed by atoms with E-state index in [-0.39, 0.29) is 5.91 Å². The number of carbonyl (C=O) groups is 1. The van der Waals surface area contributed by atoms with Crippen LogP contribution in [0.1, 0.15) is 30.1 Å². The monoisotopic (exact) mass is 253 g/mol. The lowest BCUT2D eigenvalue weighted by Gasteiger charge is -2.25. The van der Waals surface area contributed by atoms with E-state index in [0.717, 1.165) is 10.9 Å². The van der Waals surface area contributed by atoms with Gasteiger partial charge in [0.25, 0.3) is 5.91 Å². The SMILES string of the molecule is CC(C1CC1)N(C)C(=O)c1ccc2ccccc2c1. The van der Waals surface area contributed by atoms with Gasteiger partial charge in [0.05, 0.1) is 0 Å². The Balaban J connectivity index is 1.88. The average Bonchev–Trinajstić information content (AvgIpc) is 3.29. The molecule has 0 radical (unpaired) electrons. The van der Waals surface area contributed by atoms with Crippen LogP contribution in [0, 0.1) is 5.92 Å². The van der Waals surface area contributed by atoms with Crippen molar-refractivity contribution in [3.05, 3.63) is 48.0 Å². The zero-order valence-corrected chi connectivity index (χ0v) is 11.5. The first kappa shape index (κ1) is 12.2. The lowest BCUT2D eigenvalue weighted by Crippen LogP contribution is -2.36. The molecular weight excluding hydrogens is 234 g/mol. The number of carbonyl (C=O) groups excluding carboxylic acids is 1. The van der Waals surface area contributed by atoms with Crippen LogP contribution in [-0.4, -0.2) is 23.9 Å². The molecule has 1 saturated carbocycles. The van der Waals surface area contributed by atoms with E-state index in [1.807, 2.05) is 42.3 Å². The summed E-state index contributed by atoms with van der Waals surface area (Å²) in [7, 11) is 1.92. The van der Waals surface area contributed by atoms with E-state index in [1.165, 1.54) is 18.2 Å². The van der Waals surface area contributed by atoms with Gasteiger partial charge in [-0.3, -0.25) is 4.79 Å². The van der Waals surface area contributed by atoms with Gasteiger partial charge < -0.3 is 4.90 Å². The minimum atomic E-state index is 0.130. The minimum absolute atomic E-state index is 0.130. The van der Waals surface area contributed by atoms with Crippen LogP contribution in [0.4, 0.5) is 0 Å². The van der Waals surface area contributed by atoms with Gasteiger partial charge in [0.1, 0.15) is 0 Å². The highest BCUT2D eigenvalue weighted by Crippen LogP contribution is 2.35. The molecule has 0 aromatic heterocycles. The molecule has 0 aliphatic heterocycles. The summed E-state index contributed by atoms with van der Waals surface area (Å²) in [5.41, 5.74) is 0.786. The van der Waals surface area contributed by atoms with Crippen LogP contribution in [0.2, 0.25) is 0 Å². The Morgan fingerprint density at radius 3 is 2.53 bits per heavy atom. The summed E-state index contributed by atoms with van der Waals surface area (Å²) in [5, 5.41) is 2.30. The van der Waals surface area contributed by atoms with Crippen LogP contribution in [0.3, 0.4) is 0 Å². The third-order valence-corrected chi connectivity index (χ3v) is 4.23. The maximum absolute atomic E-state index is 12.5. The van der Waals surface area contributed by atoms with Gasteiger partial charge in [0, 0.05) is 18.7 Å². The van der Waals surface area contributed by atoms with Crippen molar-refractivity contribution in [1.29, 1.82) is 0 Å². The fraction of sp³-hybridized carbons (Fsp3) is 0.353. The van der Waals surface area contributed by atoms with Gasteiger partial charge in [-0.25, -0.2) is 0 Å². The maximum atomic E-state index is 12.5. The summed E-state index contributed by atoms with van der Waals surface area (Å²) < 4.78 is 0. The summed E-state index contributed by atoms with van der Waals surface area (Å²) in [5.74, 6) is 0.833. The summed E-state index contributed by atoms with van der Waals surface area (Å²) in [4.78, 5) is 14.4. The third-order valence-electron chi connectivity index (χ3n) is 4.23. The molecule has 98 valence electrons. The molecule has 0 heterocycles. The van der Waals surface area contributed by atoms with E-state index in [0.29, 0.717) is 12.0 Å². The Labute approximate surface area is 114 Å². The lowest BCUT2D eigenvalue weighted by atomic mass is 10.1. The highest BCUT2D eigenvalue weighted by atomic mass is 16.2. The lowest BCUT2D eigenvalue weighted by molar-refractivity contribution is 0.0727. The second-order valence-corrected chi connectivity index (χ2v) is 5.56. The first-order valence-electron chi connectivity index (χ1n) is 6.93. The van der Waals surface area contributed by atoms with Crippen molar-refractivity contribution in [2.24, 2.45) is 5.92 Å². The van der Waals surface area contributed by atoms with E-state index in [9.17, 15) is 4.79 Å². The molecule has 0 N–H and O–H groups in total. The van der Waals surface area contributed by atoms with Gasteiger partial charge in [-0.05, 0) is 48.6 Å². The van der Waals surface area contributed by atoms with E-state index in [1.54, 1.807) is 0 Å². The molecule has 1 aliphatic rings. The molecule has 0 spiro atoms. The Bertz CT molecular complexity index is 615. The molecule has 1 atom stereocenters. The van der Waals surface area contributed by atoms with Crippen molar-refractivity contribution in [1.82, 2.24) is 4.90 Å². The van der Waals surface area contributed by atoms with Crippen molar-refractivity contribution < 1.29 is 4.79 Å². The number of hydrogen-bond donors (Lipinski definition) is 0. The molecular formula is C17H19NO. The van der Waals surface area contributed by atoms with Gasteiger partial charge in [0.15, 0.2) is 0 Å². The van der Waals surface area contributed by atoms with E-state index < -0.39 is 0 Å². The molecule has 3 rings (SSSR count). The highest BCUT2D eigenvalue weighted by molar-refractivity contribution is 5.98. The number of nitrogens with zero attached hydrogens (tertiary/aromatic N) is 1. The van der Waals surface area contributed by atoms with Crippen LogP contribution < -0.4 is 0 Å². The summed E-state index contributed by atoms with van der Waals surface area (Å²) in [6.07, 6.45) is 2.52. The fourth-order valence-electron chi connectivity index (χ4n) is 2.61. The molecule has 1 unspecified atom stereocenters. The average molecular weight is 253 g/mol. The topological polar surface area (TPSA) is 20.3 Å². The predicted molar refractivity (Wildman–Crippen MR) is 78.2 cm³/mol. The molecule has 1 fully saturated rings. The Hall–Kier alpha value is -1.83. The number of amides is 1. The Morgan fingerprint density at radius 2 is 1.84 bits per heavy atom. The second-order valence-electron chi connectivity index (χ2n) is 5.56. The summed E-state index contributed by atoms with van der Waals surface area (Å²) in [6.45, 7) is 2.15. The van der Waals surface area contributed by atoms with Gasteiger partial charge in [-0.15, -0.1) is 0 Å². The van der Waals surface area contributed by atoms with Crippen LogP contribution in [-0.2, 0) is 0 Å². The summed E-state index contributed by atoms with van der Waals surface area (Å²) >= 11 is 0. The van der Waals surface area contributed by atoms with Gasteiger partial charge in [0.2, 0.25) is 0 Å². The number of benzene rings is 2. The standard InChI is InChI=1S/C17H19NO/c1-12(13-7-8-13)18(2)17(19)16-10-9-14-5-3-4-6-15(14)11-16/h3-6,9-13H,7-8H2,1-2H3. The number of fused-ring (bicyclic) bond motifs is 1. The van der Waals surface area contributed by atoms with Crippen molar-refractivity contribution in [3.63, 3.8) is 0 Å². The smallest absolute Gasteiger partial charge is 0.253 e. The molecule has 1 aliphatic carbocycles. The molecule has 0 bridgehead atoms. The molecule has 0 saturated heterocycles. The van der Waals surface area contributed by atoms with Crippen LogP contribution in [0.25, 0.3) is 10.8 Å². The largest absolute Gasteiger partial charge is 0.339 e.